The number of piperidine rings is 1. The molecule has 0 amide bonds. The standard InChI is InChI=1S/C28H33N5O2/c1-32(14-9-17-33-15-7-4-8-16-33)27-25-22-13-12-21(28(34)35-2)19-23(22)29-26(25)30-24(31-27)18-20-10-5-3-6-11-20/h3,5-6,10-13,19H,4,7-9,14-18H2,1-2H3,(H,29,30,31). The fourth-order valence-corrected chi connectivity index (χ4v) is 5.02. The highest BCUT2D eigenvalue weighted by molar-refractivity contribution is 6.12. The molecule has 0 unspecified atom stereocenters. The van der Waals surface area contributed by atoms with Crippen molar-refractivity contribution in [2.75, 3.05) is 45.2 Å². The van der Waals surface area contributed by atoms with Crippen LogP contribution in [-0.2, 0) is 11.2 Å². The molecular formula is C28H33N5O2. The largest absolute Gasteiger partial charge is 0.465 e. The first kappa shape index (κ1) is 23.3. The molecule has 0 bridgehead atoms. The maximum atomic E-state index is 12.1. The Labute approximate surface area is 206 Å². The van der Waals surface area contributed by atoms with Gasteiger partial charge >= 0.3 is 5.97 Å². The van der Waals surface area contributed by atoms with Gasteiger partial charge in [0, 0.05) is 30.9 Å². The second-order valence-corrected chi connectivity index (χ2v) is 9.40. The van der Waals surface area contributed by atoms with Gasteiger partial charge in [-0.2, -0.15) is 0 Å². The molecule has 1 aliphatic rings. The lowest BCUT2D eigenvalue weighted by Gasteiger charge is -2.27. The van der Waals surface area contributed by atoms with E-state index in [4.69, 9.17) is 14.7 Å². The minimum absolute atomic E-state index is 0.350. The van der Waals surface area contributed by atoms with Crippen molar-refractivity contribution in [2.45, 2.75) is 32.1 Å². The first-order chi connectivity index (χ1) is 17.1. The Morgan fingerprint density at radius 3 is 2.66 bits per heavy atom. The van der Waals surface area contributed by atoms with Gasteiger partial charge in [0.15, 0.2) is 0 Å². The third-order valence-corrected chi connectivity index (χ3v) is 6.88. The van der Waals surface area contributed by atoms with Crippen LogP contribution >= 0.6 is 0 Å². The normalized spacial score (nSPS) is 14.5. The Kier molecular flexibility index (Phi) is 6.95. The molecule has 0 radical (unpaired) electrons. The summed E-state index contributed by atoms with van der Waals surface area (Å²) in [5.74, 6) is 1.36. The minimum Gasteiger partial charge on any atom is -0.465 e. The number of aromatic nitrogens is 3. The maximum Gasteiger partial charge on any atom is 0.337 e. The van der Waals surface area contributed by atoms with Crippen LogP contribution in [0.2, 0.25) is 0 Å². The highest BCUT2D eigenvalue weighted by Gasteiger charge is 2.19. The van der Waals surface area contributed by atoms with Gasteiger partial charge in [-0.05, 0) is 56.6 Å². The Hall–Kier alpha value is -3.45. The lowest BCUT2D eigenvalue weighted by atomic mass is 10.1. The summed E-state index contributed by atoms with van der Waals surface area (Å²) in [6, 6.07) is 15.9. The van der Waals surface area contributed by atoms with E-state index in [9.17, 15) is 4.79 Å². The van der Waals surface area contributed by atoms with E-state index in [1.807, 2.05) is 30.3 Å². The number of aromatic amines is 1. The highest BCUT2D eigenvalue weighted by atomic mass is 16.5. The van der Waals surface area contributed by atoms with E-state index in [1.165, 1.54) is 45.0 Å². The molecule has 0 aliphatic carbocycles. The third kappa shape index (κ3) is 5.15. The number of fused-ring (bicyclic) bond motifs is 3. The molecule has 2 aromatic carbocycles. The zero-order chi connectivity index (χ0) is 24.2. The summed E-state index contributed by atoms with van der Waals surface area (Å²) in [5.41, 5.74) is 3.34. The van der Waals surface area contributed by atoms with Gasteiger partial charge in [-0.1, -0.05) is 42.8 Å². The number of carbonyl (C=O) groups is 1. The van der Waals surface area contributed by atoms with Crippen LogP contribution in [0.3, 0.4) is 0 Å². The molecule has 4 aromatic rings. The topological polar surface area (TPSA) is 74.3 Å². The van der Waals surface area contributed by atoms with Gasteiger partial charge in [-0.25, -0.2) is 14.8 Å². The molecule has 5 rings (SSSR count). The number of likely N-dealkylation sites (tertiary alicyclic amines) is 1. The van der Waals surface area contributed by atoms with Gasteiger partial charge in [0.1, 0.15) is 17.3 Å². The average molecular weight is 472 g/mol. The van der Waals surface area contributed by atoms with Crippen LogP contribution in [0.1, 0.15) is 47.4 Å². The molecule has 7 heteroatoms. The van der Waals surface area contributed by atoms with E-state index in [2.05, 4.69) is 34.0 Å². The summed E-state index contributed by atoms with van der Waals surface area (Å²) in [6.45, 7) is 4.47. The van der Waals surface area contributed by atoms with Crippen LogP contribution < -0.4 is 4.90 Å². The molecule has 1 saturated heterocycles. The monoisotopic (exact) mass is 471 g/mol. The van der Waals surface area contributed by atoms with Gasteiger partial charge in [0.2, 0.25) is 0 Å². The lowest BCUT2D eigenvalue weighted by Crippen LogP contribution is -2.32. The predicted octanol–water partition coefficient (Wildman–Crippen LogP) is 4.80. The van der Waals surface area contributed by atoms with Crippen molar-refractivity contribution in [3.05, 3.63) is 65.5 Å². The second-order valence-electron chi connectivity index (χ2n) is 9.40. The number of nitrogens with one attached hydrogen (secondary N) is 1. The number of benzene rings is 2. The van der Waals surface area contributed by atoms with E-state index in [-0.39, 0.29) is 5.97 Å². The van der Waals surface area contributed by atoms with Crippen molar-refractivity contribution in [3.8, 4) is 0 Å². The summed E-state index contributed by atoms with van der Waals surface area (Å²) in [4.78, 5) is 30.3. The summed E-state index contributed by atoms with van der Waals surface area (Å²) in [7, 11) is 3.52. The number of hydrogen-bond donors (Lipinski definition) is 1. The molecule has 1 fully saturated rings. The Balaban J connectivity index is 1.49. The molecule has 2 aromatic heterocycles. The first-order valence-corrected chi connectivity index (χ1v) is 12.5. The molecule has 7 nitrogen and oxygen atoms in total. The van der Waals surface area contributed by atoms with E-state index in [0.717, 1.165) is 53.1 Å². The first-order valence-electron chi connectivity index (χ1n) is 12.5. The van der Waals surface area contributed by atoms with Crippen molar-refractivity contribution < 1.29 is 9.53 Å². The van der Waals surface area contributed by atoms with Crippen molar-refractivity contribution in [1.82, 2.24) is 19.9 Å². The fraction of sp³-hybridized carbons (Fsp3) is 0.393. The van der Waals surface area contributed by atoms with Crippen molar-refractivity contribution >= 4 is 33.7 Å². The lowest BCUT2D eigenvalue weighted by molar-refractivity contribution is 0.0601. The third-order valence-electron chi connectivity index (χ3n) is 6.88. The SMILES string of the molecule is COC(=O)c1ccc2c(c1)[nH]c1nc(Cc3ccccc3)nc(N(C)CCCN3CCCCC3)c12. The van der Waals surface area contributed by atoms with Crippen molar-refractivity contribution in [2.24, 2.45) is 0 Å². The smallest absolute Gasteiger partial charge is 0.337 e. The van der Waals surface area contributed by atoms with E-state index in [0.29, 0.717) is 12.0 Å². The molecule has 0 atom stereocenters. The number of esters is 1. The summed E-state index contributed by atoms with van der Waals surface area (Å²) in [6.07, 6.45) is 5.74. The summed E-state index contributed by atoms with van der Waals surface area (Å²) < 4.78 is 4.91. The number of ether oxygens (including phenoxy) is 1. The number of H-pyrrole nitrogens is 1. The zero-order valence-corrected chi connectivity index (χ0v) is 20.6. The summed E-state index contributed by atoms with van der Waals surface area (Å²) in [5, 5.41) is 2.01. The quantitative estimate of drug-likeness (QED) is 0.372. The number of methoxy groups -OCH3 is 1. The molecule has 3 heterocycles. The summed E-state index contributed by atoms with van der Waals surface area (Å²) >= 11 is 0. The Morgan fingerprint density at radius 1 is 1.09 bits per heavy atom. The molecule has 0 saturated carbocycles. The molecule has 1 aliphatic heterocycles. The van der Waals surface area contributed by atoms with Crippen LogP contribution in [0.4, 0.5) is 5.82 Å². The van der Waals surface area contributed by atoms with Crippen LogP contribution in [0.5, 0.6) is 0 Å². The maximum absolute atomic E-state index is 12.1. The predicted molar refractivity (Wildman–Crippen MR) is 140 cm³/mol. The van der Waals surface area contributed by atoms with Crippen LogP contribution in [0, 0.1) is 0 Å². The van der Waals surface area contributed by atoms with Crippen molar-refractivity contribution in [3.63, 3.8) is 0 Å². The van der Waals surface area contributed by atoms with Gasteiger partial charge in [-0.15, -0.1) is 0 Å². The molecule has 0 spiro atoms. The second kappa shape index (κ2) is 10.4. The Bertz CT molecular complexity index is 1310. The number of hydrogen-bond acceptors (Lipinski definition) is 6. The van der Waals surface area contributed by atoms with Crippen LogP contribution in [0.15, 0.2) is 48.5 Å². The number of anilines is 1. The average Bonchev–Trinajstić information content (AvgIpc) is 3.26. The molecule has 1 N–H and O–H groups in total. The van der Waals surface area contributed by atoms with E-state index < -0.39 is 0 Å². The van der Waals surface area contributed by atoms with Crippen molar-refractivity contribution in [1.29, 1.82) is 0 Å². The number of carbonyl (C=O) groups excluding carboxylic acids is 1. The fourth-order valence-electron chi connectivity index (χ4n) is 5.02. The van der Waals surface area contributed by atoms with Crippen LogP contribution in [-0.4, -0.2) is 66.2 Å². The van der Waals surface area contributed by atoms with Gasteiger partial charge in [0.05, 0.1) is 18.1 Å². The highest BCUT2D eigenvalue weighted by Crippen LogP contribution is 2.32. The number of rotatable bonds is 8. The molecule has 182 valence electrons. The van der Waals surface area contributed by atoms with Gasteiger partial charge in [-0.3, -0.25) is 0 Å². The Morgan fingerprint density at radius 2 is 1.89 bits per heavy atom. The van der Waals surface area contributed by atoms with Gasteiger partial charge in [0.25, 0.3) is 0 Å². The zero-order valence-electron chi connectivity index (χ0n) is 20.6. The van der Waals surface area contributed by atoms with Gasteiger partial charge < -0.3 is 19.5 Å². The van der Waals surface area contributed by atoms with Crippen LogP contribution in [0.25, 0.3) is 21.9 Å². The van der Waals surface area contributed by atoms with E-state index >= 15 is 0 Å². The van der Waals surface area contributed by atoms with E-state index in [1.54, 1.807) is 6.07 Å². The minimum atomic E-state index is -0.350. The molecule has 35 heavy (non-hydrogen) atoms. The number of nitrogens with zero attached hydrogens (tertiary/aromatic N) is 4. The molecular weight excluding hydrogens is 438 g/mol.